The molecule has 0 radical (unpaired) electrons. The van der Waals surface area contributed by atoms with E-state index in [0.29, 0.717) is 5.92 Å². The van der Waals surface area contributed by atoms with E-state index in [1.165, 1.54) is 5.69 Å². The molecule has 0 aromatic carbocycles. The number of rotatable bonds is 4. The molecule has 96 valence electrons. The van der Waals surface area contributed by atoms with Crippen molar-refractivity contribution in [1.82, 2.24) is 9.78 Å². The molecule has 0 unspecified atom stereocenters. The van der Waals surface area contributed by atoms with Gasteiger partial charge in [-0.2, -0.15) is 5.10 Å². The highest BCUT2D eigenvalue weighted by Crippen LogP contribution is 2.22. The van der Waals surface area contributed by atoms with Crippen LogP contribution in [0.25, 0.3) is 0 Å². The first-order chi connectivity index (χ1) is 7.80. The SMILES string of the molecule is CC(C)CS/N=C/c1cc(C(C)(C)C)n(C)n1. The number of hydrogen-bond acceptors (Lipinski definition) is 3. The molecule has 0 saturated heterocycles. The van der Waals surface area contributed by atoms with Crippen molar-refractivity contribution in [1.29, 1.82) is 0 Å². The number of hydrogen-bond donors (Lipinski definition) is 0. The topological polar surface area (TPSA) is 30.2 Å². The van der Waals surface area contributed by atoms with E-state index in [1.807, 2.05) is 17.9 Å². The minimum atomic E-state index is 0.124. The fraction of sp³-hybridized carbons (Fsp3) is 0.692. The summed E-state index contributed by atoms with van der Waals surface area (Å²) in [6.07, 6.45) is 1.85. The zero-order chi connectivity index (χ0) is 13.1. The molecule has 1 aromatic heterocycles. The predicted molar refractivity (Wildman–Crippen MR) is 76.8 cm³/mol. The van der Waals surface area contributed by atoms with Crippen LogP contribution >= 0.6 is 11.9 Å². The Balaban J connectivity index is 2.68. The van der Waals surface area contributed by atoms with Crippen LogP contribution < -0.4 is 0 Å². The normalized spacial score (nSPS) is 12.9. The van der Waals surface area contributed by atoms with Crippen molar-refractivity contribution in [3.05, 3.63) is 17.5 Å². The van der Waals surface area contributed by atoms with E-state index in [9.17, 15) is 0 Å². The lowest BCUT2D eigenvalue weighted by atomic mass is 9.92. The maximum absolute atomic E-state index is 4.45. The van der Waals surface area contributed by atoms with Crippen LogP contribution in [0.3, 0.4) is 0 Å². The zero-order valence-corrected chi connectivity index (χ0v) is 12.5. The molecule has 4 heteroatoms. The van der Waals surface area contributed by atoms with Gasteiger partial charge in [-0.3, -0.25) is 4.68 Å². The van der Waals surface area contributed by atoms with Gasteiger partial charge in [0.1, 0.15) is 5.69 Å². The molecule has 0 bridgehead atoms. The smallest absolute Gasteiger partial charge is 0.104 e. The Hall–Kier alpha value is -0.770. The summed E-state index contributed by atoms with van der Waals surface area (Å²) in [5.41, 5.74) is 2.29. The standard InChI is InChI=1S/C13H23N3S/c1-10(2)9-17-14-8-11-7-12(13(3,4)5)16(6)15-11/h7-8,10H,9H2,1-6H3/b14-8+. The van der Waals surface area contributed by atoms with Crippen LogP contribution in [0, 0.1) is 5.92 Å². The van der Waals surface area contributed by atoms with Gasteiger partial charge in [0.2, 0.25) is 0 Å². The van der Waals surface area contributed by atoms with E-state index in [-0.39, 0.29) is 5.41 Å². The molecular weight excluding hydrogens is 230 g/mol. The molecule has 0 spiro atoms. The maximum atomic E-state index is 4.45. The van der Waals surface area contributed by atoms with Crippen LogP contribution in [0.15, 0.2) is 10.5 Å². The number of nitrogens with zero attached hydrogens (tertiary/aromatic N) is 3. The van der Waals surface area contributed by atoms with E-state index >= 15 is 0 Å². The molecule has 0 atom stereocenters. The average molecular weight is 253 g/mol. The Morgan fingerprint density at radius 3 is 2.59 bits per heavy atom. The third-order valence-corrected chi connectivity index (χ3v) is 3.40. The molecule has 1 heterocycles. The fourth-order valence-electron chi connectivity index (χ4n) is 1.54. The summed E-state index contributed by atoms with van der Waals surface area (Å²) in [6.45, 7) is 11.0. The Morgan fingerprint density at radius 1 is 1.47 bits per heavy atom. The molecule has 1 aromatic rings. The molecule has 0 aliphatic heterocycles. The van der Waals surface area contributed by atoms with E-state index in [2.05, 4.69) is 50.2 Å². The van der Waals surface area contributed by atoms with Gasteiger partial charge in [0.25, 0.3) is 0 Å². The van der Waals surface area contributed by atoms with Crippen LogP contribution in [-0.4, -0.2) is 21.7 Å². The molecule has 0 N–H and O–H groups in total. The Bertz CT molecular complexity index is 386. The minimum absolute atomic E-state index is 0.124. The summed E-state index contributed by atoms with van der Waals surface area (Å²) in [4.78, 5) is 0. The second-order valence-electron chi connectivity index (χ2n) is 5.75. The molecule has 1 rings (SSSR count). The van der Waals surface area contributed by atoms with Crippen molar-refractivity contribution < 1.29 is 0 Å². The number of aryl methyl sites for hydroxylation is 1. The highest BCUT2D eigenvalue weighted by molar-refractivity contribution is 7.98. The van der Waals surface area contributed by atoms with Gasteiger partial charge in [0.05, 0.1) is 6.21 Å². The third kappa shape index (κ3) is 4.54. The van der Waals surface area contributed by atoms with Gasteiger partial charge in [-0.1, -0.05) is 34.6 Å². The van der Waals surface area contributed by atoms with E-state index in [1.54, 1.807) is 11.9 Å². The summed E-state index contributed by atoms with van der Waals surface area (Å²) in [5, 5.41) is 4.45. The Morgan fingerprint density at radius 2 is 2.12 bits per heavy atom. The Labute approximate surface area is 109 Å². The molecular formula is C13H23N3S. The van der Waals surface area contributed by atoms with Crippen molar-refractivity contribution in [2.45, 2.75) is 40.0 Å². The molecule has 17 heavy (non-hydrogen) atoms. The van der Waals surface area contributed by atoms with Crippen LogP contribution in [0.4, 0.5) is 0 Å². The summed E-state index contributed by atoms with van der Waals surface area (Å²) < 4.78 is 6.27. The molecule has 0 fully saturated rings. The monoisotopic (exact) mass is 253 g/mol. The molecule has 0 saturated carbocycles. The second-order valence-corrected chi connectivity index (χ2v) is 6.55. The van der Waals surface area contributed by atoms with E-state index in [4.69, 9.17) is 0 Å². The lowest BCUT2D eigenvalue weighted by Crippen LogP contribution is -2.16. The van der Waals surface area contributed by atoms with Gasteiger partial charge < -0.3 is 0 Å². The van der Waals surface area contributed by atoms with Crippen molar-refractivity contribution in [3.8, 4) is 0 Å². The van der Waals surface area contributed by atoms with Gasteiger partial charge in [-0.15, -0.1) is 0 Å². The van der Waals surface area contributed by atoms with Crippen molar-refractivity contribution in [2.75, 3.05) is 5.75 Å². The Kier molecular flexibility index (Phi) is 4.80. The van der Waals surface area contributed by atoms with Crippen LogP contribution in [0.5, 0.6) is 0 Å². The van der Waals surface area contributed by atoms with Crippen molar-refractivity contribution in [3.63, 3.8) is 0 Å². The third-order valence-electron chi connectivity index (χ3n) is 2.33. The first-order valence-electron chi connectivity index (χ1n) is 6.00. The lowest BCUT2D eigenvalue weighted by Gasteiger charge is -2.17. The summed E-state index contributed by atoms with van der Waals surface area (Å²) >= 11 is 1.60. The predicted octanol–water partition coefficient (Wildman–Crippen LogP) is 3.44. The minimum Gasteiger partial charge on any atom is -0.271 e. The summed E-state index contributed by atoms with van der Waals surface area (Å²) in [5.74, 6) is 1.72. The fourth-order valence-corrected chi connectivity index (χ4v) is 2.10. The van der Waals surface area contributed by atoms with E-state index < -0.39 is 0 Å². The van der Waals surface area contributed by atoms with Crippen molar-refractivity contribution >= 4 is 18.2 Å². The van der Waals surface area contributed by atoms with Gasteiger partial charge in [-0.25, -0.2) is 4.40 Å². The molecule has 3 nitrogen and oxygen atoms in total. The largest absolute Gasteiger partial charge is 0.271 e. The zero-order valence-electron chi connectivity index (χ0n) is 11.7. The highest BCUT2D eigenvalue weighted by Gasteiger charge is 2.18. The van der Waals surface area contributed by atoms with E-state index in [0.717, 1.165) is 11.4 Å². The van der Waals surface area contributed by atoms with Gasteiger partial charge >= 0.3 is 0 Å². The van der Waals surface area contributed by atoms with Gasteiger partial charge in [0, 0.05) is 23.9 Å². The first kappa shape index (κ1) is 14.3. The van der Waals surface area contributed by atoms with Gasteiger partial charge in [-0.05, 0) is 23.9 Å². The molecule has 0 aliphatic carbocycles. The van der Waals surface area contributed by atoms with Crippen molar-refractivity contribution in [2.24, 2.45) is 17.4 Å². The summed E-state index contributed by atoms with van der Waals surface area (Å²) in [6, 6.07) is 2.11. The first-order valence-corrected chi connectivity index (χ1v) is 6.95. The van der Waals surface area contributed by atoms with Crippen LogP contribution in [-0.2, 0) is 12.5 Å². The summed E-state index contributed by atoms with van der Waals surface area (Å²) in [7, 11) is 1.99. The molecule has 0 aliphatic rings. The highest BCUT2D eigenvalue weighted by atomic mass is 32.2. The lowest BCUT2D eigenvalue weighted by molar-refractivity contribution is 0.523. The average Bonchev–Trinajstić information content (AvgIpc) is 2.53. The van der Waals surface area contributed by atoms with Gasteiger partial charge in [0.15, 0.2) is 0 Å². The van der Waals surface area contributed by atoms with Crippen LogP contribution in [0.2, 0.25) is 0 Å². The van der Waals surface area contributed by atoms with Crippen LogP contribution in [0.1, 0.15) is 46.0 Å². The maximum Gasteiger partial charge on any atom is 0.104 e. The molecule has 0 amide bonds. The quantitative estimate of drug-likeness (QED) is 0.608. The number of aromatic nitrogens is 2. The second kappa shape index (κ2) is 5.71.